The Morgan fingerprint density at radius 2 is 2.10 bits per heavy atom. The van der Waals surface area contributed by atoms with Gasteiger partial charge in [-0.25, -0.2) is 0 Å². The first-order chi connectivity index (χ1) is 9.59. The van der Waals surface area contributed by atoms with Crippen LogP contribution in [0.4, 0.5) is 0 Å². The monoisotopic (exact) mass is 283 g/mol. The van der Waals surface area contributed by atoms with Crippen LogP contribution >= 0.6 is 0 Å². The quantitative estimate of drug-likeness (QED) is 0.755. The van der Waals surface area contributed by atoms with E-state index in [1.54, 1.807) is 11.8 Å². The number of morpholine rings is 1. The van der Waals surface area contributed by atoms with E-state index in [4.69, 9.17) is 4.74 Å². The minimum absolute atomic E-state index is 0.0223. The zero-order valence-corrected chi connectivity index (χ0v) is 12.4. The Kier molecular flexibility index (Phi) is 4.99. The van der Waals surface area contributed by atoms with Crippen LogP contribution < -0.4 is 10.6 Å². The van der Waals surface area contributed by atoms with Gasteiger partial charge in [-0.05, 0) is 32.7 Å². The molecule has 2 fully saturated rings. The average Bonchev–Trinajstić information content (AvgIpc) is 2.97. The fourth-order valence-corrected chi connectivity index (χ4v) is 2.92. The lowest BCUT2D eigenvalue weighted by Crippen LogP contribution is -2.58. The van der Waals surface area contributed by atoms with E-state index in [0.29, 0.717) is 26.3 Å². The predicted octanol–water partition coefficient (Wildman–Crippen LogP) is -0.118. The molecule has 2 N–H and O–H groups in total. The van der Waals surface area contributed by atoms with Gasteiger partial charge in [-0.1, -0.05) is 6.92 Å². The van der Waals surface area contributed by atoms with Crippen molar-refractivity contribution in [1.82, 2.24) is 15.5 Å². The SMILES string of the molecule is CCC1(C(=O)NC(C)C(=O)N2CCOCC2)CCCN1. The average molecular weight is 283 g/mol. The highest BCUT2D eigenvalue weighted by Crippen LogP contribution is 2.23. The second-order valence-corrected chi connectivity index (χ2v) is 5.60. The number of rotatable bonds is 4. The molecular weight excluding hydrogens is 258 g/mol. The van der Waals surface area contributed by atoms with Crippen LogP contribution in [0.25, 0.3) is 0 Å². The fourth-order valence-electron chi connectivity index (χ4n) is 2.92. The summed E-state index contributed by atoms with van der Waals surface area (Å²) in [5, 5.41) is 6.16. The summed E-state index contributed by atoms with van der Waals surface area (Å²) in [5.74, 6) is -0.0718. The third-order valence-corrected chi connectivity index (χ3v) is 4.32. The van der Waals surface area contributed by atoms with Gasteiger partial charge in [0.2, 0.25) is 11.8 Å². The molecule has 0 spiro atoms. The summed E-state index contributed by atoms with van der Waals surface area (Å²) in [7, 11) is 0. The first-order valence-corrected chi connectivity index (χ1v) is 7.51. The molecule has 0 aromatic heterocycles. The minimum Gasteiger partial charge on any atom is -0.378 e. The van der Waals surface area contributed by atoms with Crippen LogP contribution in [0.1, 0.15) is 33.1 Å². The molecule has 6 heteroatoms. The van der Waals surface area contributed by atoms with Gasteiger partial charge in [0.05, 0.1) is 18.8 Å². The van der Waals surface area contributed by atoms with Crippen LogP contribution in [-0.2, 0) is 14.3 Å². The number of carbonyl (C=O) groups is 2. The van der Waals surface area contributed by atoms with E-state index in [0.717, 1.165) is 25.8 Å². The molecule has 2 rings (SSSR count). The van der Waals surface area contributed by atoms with Crippen LogP contribution in [0, 0.1) is 0 Å². The van der Waals surface area contributed by atoms with Crippen LogP contribution in [0.3, 0.4) is 0 Å². The van der Waals surface area contributed by atoms with Crippen molar-refractivity contribution in [2.45, 2.75) is 44.7 Å². The minimum atomic E-state index is -0.487. The Hall–Kier alpha value is -1.14. The molecule has 2 aliphatic heterocycles. The lowest BCUT2D eigenvalue weighted by atomic mass is 9.93. The molecule has 2 aliphatic rings. The Morgan fingerprint density at radius 1 is 1.40 bits per heavy atom. The van der Waals surface area contributed by atoms with Crippen molar-refractivity contribution in [2.75, 3.05) is 32.8 Å². The van der Waals surface area contributed by atoms with Gasteiger partial charge in [-0.3, -0.25) is 9.59 Å². The molecule has 2 saturated heterocycles. The van der Waals surface area contributed by atoms with Gasteiger partial charge < -0.3 is 20.3 Å². The summed E-state index contributed by atoms with van der Waals surface area (Å²) in [6, 6.07) is -0.480. The summed E-state index contributed by atoms with van der Waals surface area (Å²) >= 11 is 0. The molecule has 2 atom stereocenters. The number of nitrogens with zero attached hydrogens (tertiary/aromatic N) is 1. The third-order valence-electron chi connectivity index (χ3n) is 4.32. The Labute approximate surface area is 120 Å². The first-order valence-electron chi connectivity index (χ1n) is 7.51. The molecule has 0 aliphatic carbocycles. The van der Waals surface area contributed by atoms with Gasteiger partial charge in [0, 0.05) is 13.1 Å². The molecule has 114 valence electrons. The van der Waals surface area contributed by atoms with E-state index < -0.39 is 11.6 Å². The highest BCUT2D eigenvalue weighted by atomic mass is 16.5. The van der Waals surface area contributed by atoms with Crippen molar-refractivity contribution >= 4 is 11.8 Å². The Morgan fingerprint density at radius 3 is 2.65 bits per heavy atom. The molecule has 2 heterocycles. The second kappa shape index (κ2) is 6.54. The summed E-state index contributed by atoms with van der Waals surface area (Å²) in [5.41, 5.74) is -0.487. The lowest BCUT2D eigenvalue weighted by molar-refractivity contribution is -0.140. The Balaban J connectivity index is 1.91. The van der Waals surface area contributed by atoms with Gasteiger partial charge in [-0.15, -0.1) is 0 Å². The summed E-state index contributed by atoms with van der Waals surface area (Å²) in [4.78, 5) is 26.5. The maximum atomic E-state index is 12.4. The van der Waals surface area contributed by atoms with E-state index in [-0.39, 0.29) is 11.8 Å². The number of hydrogen-bond acceptors (Lipinski definition) is 4. The molecule has 0 aromatic rings. The summed E-state index contributed by atoms with van der Waals surface area (Å²) in [6.07, 6.45) is 2.60. The molecule has 0 bridgehead atoms. The number of ether oxygens (including phenoxy) is 1. The smallest absolute Gasteiger partial charge is 0.245 e. The maximum Gasteiger partial charge on any atom is 0.245 e. The van der Waals surface area contributed by atoms with E-state index in [1.165, 1.54) is 0 Å². The highest BCUT2D eigenvalue weighted by molar-refractivity contribution is 5.92. The fraction of sp³-hybridized carbons (Fsp3) is 0.857. The van der Waals surface area contributed by atoms with Gasteiger partial charge in [0.1, 0.15) is 6.04 Å². The van der Waals surface area contributed by atoms with Gasteiger partial charge in [-0.2, -0.15) is 0 Å². The molecule has 0 saturated carbocycles. The van der Waals surface area contributed by atoms with Crippen molar-refractivity contribution in [3.05, 3.63) is 0 Å². The number of amides is 2. The van der Waals surface area contributed by atoms with Crippen LogP contribution in [0.5, 0.6) is 0 Å². The molecule has 0 aromatic carbocycles. The van der Waals surface area contributed by atoms with Crippen LogP contribution in [0.2, 0.25) is 0 Å². The van der Waals surface area contributed by atoms with Crippen molar-refractivity contribution in [1.29, 1.82) is 0 Å². The summed E-state index contributed by atoms with van der Waals surface area (Å²) in [6.45, 7) is 7.00. The van der Waals surface area contributed by atoms with Crippen LogP contribution in [-0.4, -0.2) is 61.1 Å². The van der Waals surface area contributed by atoms with E-state index in [2.05, 4.69) is 10.6 Å². The number of nitrogens with one attached hydrogen (secondary N) is 2. The van der Waals surface area contributed by atoms with E-state index in [9.17, 15) is 9.59 Å². The van der Waals surface area contributed by atoms with E-state index in [1.807, 2.05) is 6.92 Å². The zero-order chi connectivity index (χ0) is 14.6. The molecule has 2 amide bonds. The topological polar surface area (TPSA) is 70.7 Å². The molecular formula is C14H25N3O3. The normalized spacial score (nSPS) is 28.2. The molecule has 20 heavy (non-hydrogen) atoms. The Bertz CT molecular complexity index is 361. The number of carbonyl (C=O) groups excluding carboxylic acids is 2. The summed E-state index contributed by atoms with van der Waals surface area (Å²) < 4.78 is 5.23. The molecule has 0 radical (unpaired) electrons. The van der Waals surface area contributed by atoms with Crippen molar-refractivity contribution < 1.29 is 14.3 Å². The van der Waals surface area contributed by atoms with Crippen LogP contribution in [0.15, 0.2) is 0 Å². The molecule has 6 nitrogen and oxygen atoms in total. The van der Waals surface area contributed by atoms with Gasteiger partial charge in [0.15, 0.2) is 0 Å². The zero-order valence-electron chi connectivity index (χ0n) is 12.4. The lowest BCUT2D eigenvalue weighted by Gasteiger charge is -2.32. The number of hydrogen-bond donors (Lipinski definition) is 2. The first kappa shape index (κ1) is 15.3. The predicted molar refractivity (Wildman–Crippen MR) is 75.3 cm³/mol. The van der Waals surface area contributed by atoms with Gasteiger partial charge >= 0.3 is 0 Å². The molecule has 2 unspecified atom stereocenters. The largest absolute Gasteiger partial charge is 0.378 e. The second-order valence-electron chi connectivity index (χ2n) is 5.60. The van der Waals surface area contributed by atoms with Crippen molar-refractivity contribution in [3.8, 4) is 0 Å². The highest BCUT2D eigenvalue weighted by Gasteiger charge is 2.40. The van der Waals surface area contributed by atoms with Crippen molar-refractivity contribution in [2.24, 2.45) is 0 Å². The standard InChI is InChI=1S/C14H25N3O3/c1-3-14(5-4-6-15-14)13(19)16-11(2)12(18)17-7-9-20-10-8-17/h11,15H,3-10H2,1-2H3,(H,16,19). The maximum absolute atomic E-state index is 12.4. The third kappa shape index (κ3) is 3.12. The van der Waals surface area contributed by atoms with E-state index >= 15 is 0 Å². The van der Waals surface area contributed by atoms with Crippen molar-refractivity contribution in [3.63, 3.8) is 0 Å². The van der Waals surface area contributed by atoms with Gasteiger partial charge in [0.25, 0.3) is 0 Å².